The lowest BCUT2D eigenvalue weighted by Crippen LogP contribution is -2.22. The summed E-state index contributed by atoms with van der Waals surface area (Å²) in [6.45, 7) is 0.410. The topological polar surface area (TPSA) is 35.5 Å². The van der Waals surface area contributed by atoms with E-state index in [1.54, 1.807) is 0 Å². The van der Waals surface area contributed by atoms with Gasteiger partial charge in [-0.05, 0) is 6.08 Å². The van der Waals surface area contributed by atoms with Crippen molar-refractivity contribution in [3.8, 4) is 0 Å². The fourth-order valence-electron chi connectivity index (χ4n) is 1.28. The normalized spacial score (nSPS) is 20.9. The molecule has 1 aliphatic heterocycles. The molecule has 1 unspecified atom stereocenters. The Kier molecular flexibility index (Phi) is 2.60. The first-order chi connectivity index (χ1) is 6.90. The molecule has 2 rings (SSSR count). The van der Waals surface area contributed by atoms with Crippen LogP contribution in [0.3, 0.4) is 0 Å². The van der Waals surface area contributed by atoms with Crippen LogP contribution in [0.5, 0.6) is 0 Å². The lowest BCUT2D eigenvalue weighted by atomic mass is 10.2. The Balaban J connectivity index is 2.19. The number of benzene rings is 1. The minimum Gasteiger partial charge on any atom is -0.457 e. The maximum Gasteiger partial charge on any atom is 0.257 e. The van der Waals surface area contributed by atoms with Gasteiger partial charge in [0.1, 0.15) is 5.76 Å². The van der Waals surface area contributed by atoms with E-state index in [0.29, 0.717) is 18.7 Å². The van der Waals surface area contributed by atoms with E-state index in [2.05, 4.69) is 0 Å². The maximum absolute atomic E-state index is 10.5. The smallest absolute Gasteiger partial charge is 0.257 e. The molecule has 72 valence electrons. The van der Waals surface area contributed by atoms with Crippen LogP contribution in [0.15, 0.2) is 36.4 Å². The van der Waals surface area contributed by atoms with Crippen molar-refractivity contribution in [2.45, 2.75) is 6.29 Å². The molecule has 0 aromatic heterocycles. The van der Waals surface area contributed by atoms with Crippen LogP contribution in [0.25, 0.3) is 5.76 Å². The van der Waals surface area contributed by atoms with E-state index < -0.39 is 6.29 Å². The Labute approximate surface area is 81.9 Å². The summed E-state index contributed by atoms with van der Waals surface area (Å²) in [6.07, 6.45) is 1.70. The predicted octanol–water partition coefficient (Wildman–Crippen LogP) is 1.60. The number of hydrogen-bond donors (Lipinski definition) is 0. The van der Waals surface area contributed by atoms with Gasteiger partial charge in [0.05, 0.1) is 6.61 Å². The molecule has 3 heteroatoms. The van der Waals surface area contributed by atoms with Crippen LogP contribution >= 0.6 is 0 Å². The molecule has 0 spiro atoms. The highest BCUT2D eigenvalue weighted by Gasteiger charge is 2.16. The van der Waals surface area contributed by atoms with Crippen molar-refractivity contribution in [3.05, 3.63) is 42.0 Å². The van der Waals surface area contributed by atoms with Crippen LogP contribution in [0.2, 0.25) is 0 Å². The fourth-order valence-corrected chi connectivity index (χ4v) is 1.28. The molecule has 3 nitrogen and oxygen atoms in total. The number of carbonyl (C=O) groups is 1. The van der Waals surface area contributed by atoms with Gasteiger partial charge >= 0.3 is 0 Å². The molecule has 1 aromatic carbocycles. The largest absolute Gasteiger partial charge is 0.457 e. The summed E-state index contributed by atoms with van der Waals surface area (Å²) >= 11 is 0. The van der Waals surface area contributed by atoms with E-state index in [1.165, 1.54) is 0 Å². The molecule has 1 aliphatic rings. The summed E-state index contributed by atoms with van der Waals surface area (Å²) < 4.78 is 10.3. The molecule has 14 heavy (non-hydrogen) atoms. The Hall–Kier alpha value is -1.61. The van der Waals surface area contributed by atoms with Crippen molar-refractivity contribution in [1.29, 1.82) is 0 Å². The third kappa shape index (κ3) is 1.83. The molecule has 1 atom stereocenters. The molecule has 0 saturated heterocycles. The highest BCUT2D eigenvalue weighted by Crippen LogP contribution is 2.20. The molecule has 0 fully saturated rings. The van der Waals surface area contributed by atoms with Crippen molar-refractivity contribution in [2.75, 3.05) is 6.61 Å². The molecular formula is C11H10O3. The van der Waals surface area contributed by atoms with Crippen LogP contribution in [-0.2, 0) is 14.3 Å². The summed E-state index contributed by atoms with van der Waals surface area (Å²) in [6, 6.07) is 9.63. The SMILES string of the molecule is O=CC1OCC=C(c2ccccc2)O1. The molecule has 0 bridgehead atoms. The Morgan fingerprint density at radius 2 is 2.07 bits per heavy atom. The van der Waals surface area contributed by atoms with Crippen molar-refractivity contribution >= 4 is 12.0 Å². The maximum atomic E-state index is 10.5. The van der Waals surface area contributed by atoms with Gasteiger partial charge in [-0.15, -0.1) is 0 Å². The molecular weight excluding hydrogens is 180 g/mol. The second-order valence-electron chi connectivity index (χ2n) is 2.89. The first kappa shape index (κ1) is 8.97. The second kappa shape index (κ2) is 4.07. The number of hydrogen-bond acceptors (Lipinski definition) is 3. The zero-order chi connectivity index (χ0) is 9.80. The quantitative estimate of drug-likeness (QED) is 0.664. The van der Waals surface area contributed by atoms with E-state index in [0.717, 1.165) is 5.56 Å². The molecule has 1 heterocycles. The lowest BCUT2D eigenvalue weighted by molar-refractivity contribution is -0.142. The van der Waals surface area contributed by atoms with Gasteiger partial charge in [-0.2, -0.15) is 0 Å². The first-order valence-electron chi connectivity index (χ1n) is 4.39. The molecule has 0 saturated carbocycles. The average molecular weight is 190 g/mol. The summed E-state index contributed by atoms with van der Waals surface area (Å²) in [5.74, 6) is 0.703. The monoisotopic (exact) mass is 190 g/mol. The van der Waals surface area contributed by atoms with Crippen LogP contribution in [0.1, 0.15) is 5.56 Å². The minimum absolute atomic E-state index is 0.410. The van der Waals surface area contributed by atoms with Crippen LogP contribution < -0.4 is 0 Å². The van der Waals surface area contributed by atoms with Crippen LogP contribution in [0, 0.1) is 0 Å². The number of rotatable bonds is 2. The zero-order valence-electron chi connectivity index (χ0n) is 7.55. The number of carbonyl (C=O) groups excluding carboxylic acids is 1. The predicted molar refractivity (Wildman–Crippen MR) is 51.3 cm³/mol. The molecule has 0 radical (unpaired) electrons. The molecule has 0 aliphatic carbocycles. The Morgan fingerprint density at radius 1 is 1.29 bits per heavy atom. The van der Waals surface area contributed by atoms with Crippen molar-refractivity contribution < 1.29 is 14.3 Å². The van der Waals surface area contributed by atoms with Gasteiger partial charge in [-0.3, -0.25) is 4.79 Å². The van der Waals surface area contributed by atoms with Crippen molar-refractivity contribution in [1.82, 2.24) is 0 Å². The highest BCUT2D eigenvalue weighted by atomic mass is 16.7. The van der Waals surface area contributed by atoms with E-state index in [1.807, 2.05) is 36.4 Å². The average Bonchev–Trinajstić information content (AvgIpc) is 2.30. The van der Waals surface area contributed by atoms with Gasteiger partial charge in [0.15, 0.2) is 6.29 Å². The van der Waals surface area contributed by atoms with E-state index in [4.69, 9.17) is 9.47 Å². The third-order valence-corrected chi connectivity index (χ3v) is 1.94. The van der Waals surface area contributed by atoms with Crippen LogP contribution in [-0.4, -0.2) is 19.2 Å². The highest BCUT2D eigenvalue weighted by molar-refractivity contribution is 5.64. The zero-order valence-corrected chi connectivity index (χ0v) is 7.55. The standard InChI is InChI=1S/C11H10O3/c12-8-11-13-7-6-10(14-11)9-4-2-1-3-5-9/h1-6,8,11H,7H2. The third-order valence-electron chi connectivity index (χ3n) is 1.94. The first-order valence-corrected chi connectivity index (χ1v) is 4.39. The molecule has 0 N–H and O–H groups in total. The Bertz CT molecular complexity index is 343. The van der Waals surface area contributed by atoms with Gasteiger partial charge in [-0.1, -0.05) is 30.3 Å². The Morgan fingerprint density at radius 3 is 2.79 bits per heavy atom. The van der Waals surface area contributed by atoms with Crippen molar-refractivity contribution in [3.63, 3.8) is 0 Å². The minimum atomic E-state index is -0.768. The second-order valence-corrected chi connectivity index (χ2v) is 2.89. The number of ether oxygens (including phenoxy) is 2. The van der Waals surface area contributed by atoms with Crippen molar-refractivity contribution in [2.24, 2.45) is 0 Å². The fraction of sp³-hybridized carbons (Fsp3) is 0.182. The summed E-state index contributed by atoms with van der Waals surface area (Å²) in [7, 11) is 0. The molecule has 1 aromatic rings. The van der Waals surface area contributed by atoms with E-state index >= 15 is 0 Å². The lowest BCUT2D eigenvalue weighted by Gasteiger charge is -2.20. The molecule has 0 amide bonds. The van der Waals surface area contributed by atoms with Gasteiger partial charge in [0.25, 0.3) is 6.29 Å². The van der Waals surface area contributed by atoms with Gasteiger partial charge in [-0.25, -0.2) is 0 Å². The van der Waals surface area contributed by atoms with E-state index in [9.17, 15) is 4.79 Å². The summed E-state index contributed by atoms with van der Waals surface area (Å²) in [4.78, 5) is 10.5. The van der Waals surface area contributed by atoms with Gasteiger partial charge < -0.3 is 9.47 Å². The summed E-state index contributed by atoms with van der Waals surface area (Å²) in [5, 5.41) is 0. The van der Waals surface area contributed by atoms with Crippen LogP contribution in [0.4, 0.5) is 0 Å². The number of aldehydes is 1. The van der Waals surface area contributed by atoms with E-state index in [-0.39, 0.29) is 0 Å². The van der Waals surface area contributed by atoms with Gasteiger partial charge in [0, 0.05) is 5.56 Å². The van der Waals surface area contributed by atoms with Gasteiger partial charge in [0.2, 0.25) is 0 Å². The summed E-state index contributed by atoms with van der Waals surface area (Å²) in [5.41, 5.74) is 0.961.